The summed E-state index contributed by atoms with van der Waals surface area (Å²) in [5.41, 5.74) is 0. The number of nitrogens with zero attached hydrogens (tertiary/aromatic N) is 1. The van der Waals surface area contributed by atoms with E-state index in [2.05, 4.69) is 4.74 Å². The molecule has 1 aliphatic carbocycles. The van der Waals surface area contributed by atoms with Crippen molar-refractivity contribution in [3.05, 3.63) is 0 Å². The van der Waals surface area contributed by atoms with Crippen molar-refractivity contribution >= 4 is 21.7 Å². The molecule has 0 aromatic heterocycles. The van der Waals surface area contributed by atoms with Gasteiger partial charge in [-0.2, -0.15) is 0 Å². The minimum atomic E-state index is -3.03. The Kier molecular flexibility index (Phi) is 4.13. The molecular weight excluding hydrogens is 270 g/mol. The number of rotatable bonds is 5. The first-order valence-corrected chi connectivity index (χ1v) is 8.33. The molecule has 0 N–H and O–H groups in total. The molecule has 1 amide bonds. The van der Waals surface area contributed by atoms with E-state index in [1.54, 1.807) is 4.90 Å². The van der Waals surface area contributed by atoms with Gasteiger partial charge in [-0.25, -0.2) is 8.42 Å². The molecule has 0 radical (unpaired) electrons. The first-order valence-electron chi connectivity index (χ1n) is 6.50. The third-order valence-corrected chi connectivity index (χ3v) is 5.39. The van der Waals surface area contributed by atoms with Gasteiger partial charge in [0.25, 0.3) is 0 Å². The molecule has 108 valence electrons. The first kappa shape index (κ1) is 14.3. The molecule has 1 atom stereocenters. The summed E-state index contributed by atoms with van der Waals surface area (Å²) in [6.45, 7) is 0.252. The molecule has 19 heavy (non-hydrogen) atoms. The van der Waals surface area contributed by atoms with Crippen LogP contribution in [-0.4, -0.2) is 56.4 Å². The Bertz CT molecular complexity index is 469. The van der Waals surface area contributed by atoms with E-state index < -0.39 is 9.84 Å². The summed E-state index contributed by atoms with van der Waals surface area (Å²) in [6, 6.07) is -0.275. The molecule has 0 aromatic rings. The maximum atomic E-state index is 12.2. The lowest BCUT2D eigenvalue weighted by Gasteiger charge is -2.28. The molecule has 2 fully saturated rings. The van der Waals surface area contributed by atoms with Crippen LogP contribution in [0.15, 0.2) is 0 Å². The monoisotopic (exact) mass is 289 g/mol. The molecule has 7 heteroatoms. The second-order valence-corrected chi connectivity index (χ2v) is 7.42. The maximum absolute atomic E-state index is 12.2. The molecule has 0 aromatic carbocycles. The molecule has 0 bridgehead atoms. The van der Waals surface area contributed by atoms with E-state index in [0.717, 1.165) is 12.8 Å². The lowest BCUT2D eigenvalue weighted by molar-refractivity contribution is -0.142. The molecular formula is C12H19NO5S. The van der Waals surface area contributed by atoms with E-state index >= 15 is 0 Å². The SMILES string of the molecule is COC(=O)CCN(C(=O)C1CC1)C1CCS(=O)(=O)C1. The van der Waals surface area contributed by atoms with E-state index in [-0.39, 0.29) is 48.3 Å². The lowest BCUT2D eigenvalue weighted by Crippen LogP contribution is -2.43. The van der Waals surface area contributed by atoms with Crippen LogP contribution < -0.4 is 0 Å². The van der Waals surface area contributed by atoms with Crippen molar-refractivity contribution < 1.29 is 22.7 Å². The normalized spacial score (nSPS) is 25.0. The topological polar surface area (TPSA) is 80.8 Å². The van der Waals surface area contributed by atoms with Crippen molar-refractivity contribution in [3.63, 3.8) is 0 Å². The number of ether oxygens (including phenoxy) is 1. The second-order valence-electron chi connectivity index (χ2n) is 5.19. The number of esters is 1. The third kappa shape index (κ3) is 3.68. The molecule has 1 unspecified atom stereocenters. The molecule has 1 heterocycles. The number of carbonyl (C=O) groups is 2. The number of sulfone groups is 1. The molecule has 6 nitrogen and oxygen atoms in total. The zero-order valence-electron chi connectivity index (χ0n) is 11.0. The Morgan fingerprint density at radius 1 is 1.26 bits per heavy atom. The minimum Gasteiger partial charge on any atom is -0.469 e. The lowest BCUT2D eigenvalue weighted by atomic mass is 10.2. The highest BCUT2D eigenvalue weighted by molar-refractivity contribution is 7.91. The number of hydrogen-bond donors (Lipinski definition) is 0. The summed E-state index contributed by atoms with van der Waals surface area (Å²) in [7, 11) is -1.73. The minimum absolute atomic E-state index is 0.00833. The van der Waals surface area contributed by atoms with Gasteiger partial charge in [0.05, 0.1) is 25.0 Å². The van der Waals surface area contributed by atoms with Crippen molar-refractivity contribution in [2.75, 3.05) is 25.2 Å². The van der Waals surface area contributed by atoms with Gasteiger partial charge in [-0.1, -0.05) is 0 Å². The number of carbonyl (C=O) groups excluding carboxylic acids is 2. The van der Waals surface area contributed by atoms with Gasteiger partial charge in [0.1, 0.15) is 0 Å². The van der Waals surface area contributed by atoms with Crippen molar-refractivity contribution in [1.29, 1.82) is 0 Å². The van der Waals surface area contributed by atoms with Crippen LogP contribution in [0.2, 0.25) is 0 Å². The van der Waals surface area contributed by atoms with Gasteiger partial charge in [0.15, 0.2) is 9.84 Å². The zero-order chi connectivity index (χ0) is 14.0. The van der Waals surface area contributed by atoms with Gasteiger partial charge >= 0.3 is 5.97 Å². The molecule has 2 rings (SSSR count). The molecule has 0 spiro atoms. The standard InChI is InChI=1S/C12H19NO5S/c1-18-11(14)4-6-13(12(15)9-2-3-9)10-5-7-19(16,17)8-10/h9-10H,2-8H2,1H3. The van der Waals surface area contributed by atoms with Crippen LogP contribution in [0.5, 0.6) is 0 Å². The zero-order valence-corrected chi connectivity index (χ0v) is 11.8. The van der Waals surface area contributed by atoms with Gasteiger partial charge < -0.3 is 9.64 Å². The van der Waals surface area contributed by atoms with Gasteiger partial charge in [-0.15, -0.1) is 0 Å². The summed E-state index contributed by atoms with van der Waals surface area (Å²) in [6.07, 6.45) is 2.33. The van der Waals surface area contributed by atoms with Crippen LogP contribution in [0, 0.1) is 5.92 Å². The highest BCUT2D eigenvalue weighted by Gasteiger charge is 2.40. The van der Waals surface area contributed by atoms with Gasteiger partial charge in [0.2, 0.25) is 5.91 Å². The Labute approximate surface area is 113 Å². The highest BCUT2D eigenvalue weighted by atomic mass is 32.2. The van der Waals surface area contributed by atoms with Crippen LogP contribution in [0.1, 0.15) is 25.7 Å². The molecule has 1 saturated heterocycles. The number of amides is 1. The smallest absolute Gasteiger partial charge is 0.307 e. The third-order valence-electron chi connectivity index (χ3n) is 3.64. The first-order chi connectivity index (χ1) is 8.93. The highest BCUT2D eigenvalue weighted by Crippen LogP contribution is 2.33. The van der Waals surface area contributed by atoms with Crippen molar-refractivity contribution in [3.8, 4) is 0 Å². The average molecular weight is 289 g/mol. The fraction of sp³-hybridized carbons (Fsp3) is 0.833. The largest absolute Gasteiger partial charge is 0.469 e. The number of hydrogen-bond acceptors (Lipinski definition) is 5. The van der Waals surface area contributed by atoms with Gasteiger partial charge in [-0.3, -0.25) is 9.59 Å². The quantitative estimate of drug-likeness (QED) is 0.664. The molecule has 1 aliphatic heterocycles. The summed E-state index contributed by atoms with van der Waals surface area (Å²) in [5.74, 6) is -0.210. The average Bonchev–Trinajstić information content (AvgIpc) is 3.14. The van der Waals surface area contributed by atoms with Crippen LogP contribution >= 0.6 is 0 Å². The van der Waals surface area contributed by atoms with Crippen molar-refractivity contribution in [2.24, 2.45) is 5.92 Å². The van der Waals surface area contributed by atoms with Crippen LogP contribution in [0.25, 0.3) is 0 Å². The van der Waals surface area contributed by atoms with Gasteiger partial charge in [0, 0.05) is 18.5 Å². The maximum Gasteiger partial charge on any atom is 0.307 e. The van der Waals surface area contributed by atoms with E-state index in [4.69, 9.17) is 0 Å². The fourth-order valence-electron chi connectivity index (χ4n) is 2.37. The predicted octanol–water partition coefficient (Wildman–Crippen LogP) is -0.0248. The van der Waals surface area contributed by atoms with Crippen LogP contribution in [0.3, 0.4) is 0 Å². The summed E-state index contributed by atoms with van der Waals surface area (Å²) in [5, 5.41) is 0. The Hall–Kier alpha value is -1.11. The van der Waals surface area contributed by atoms with E-state index in [9.17, 15) is 18.0 Å². The predicted molar refractivity (Wildman–Crippen MR) is 68.1 cm³/mol. The van der Waals surface area contributed by atoms with Crippen molar-refractivity contribution in [2.45, 2.75) is 31.7 Å². The summed E-state index contributed by atoms with van der Waals surface area (Å²) in [4.78, 5) is 25.0. The summed E-state index contributed by atoms with van der Waals surface area (Å²) >= 11 is 0. The molecule has 2 aliphatic rings. The van der Waals surface area contributed by atoms with Crippen LogP contribution in [0.4, 0.5) is 0 Å². The van der Waals surface area contributed by atoms with Crippen LogP contribution in [-0.2, 0) is 24.2 Å². The second kappa shape index (κ2) is 5.48. The van der Waals surface area contributed by atoms with E-state index in [1.165, 1.54) is 7.11 Å². The Balaban J connectivity index is 2.01. The number of methoxy groups -OCH3 is 1. The molecule has 1 saturated carbocycles. The Morgan fingerprint density at radius 2 is 1.95 bits per heavy atom. The van der Waals surface area contributed by atoms with E-state index in [0.29, 0.717) is 6.42 Å². The van der Waals surface area contributed by atoms with Crippen molar-refractivity contribution in [1.82, 2.24) is 4.90 Å². The fourth-order valence-corrected chi connectivity index (χ4v) is 4.10. The Morgan fingerprint density at radius 3 is 2.42 bits per heavy atom. The van der Waals surface area contributed by atoms with Gasteiger partial charge in [-0.05, 0) is 19.3 Å². The van der Waals surface area contributed by atoms with E-state index in [1.807, 2.05) is 0 Å². The summed E-state index contributed by atoms with van der Waals surface area (Å²) < 4.78 is 27.6.